The molecule has 0 spiro atoms. The second-order valence-corrected chi connectivity index (χ2v) is 3.98. The first-order valence-electron chi connectivity index (χ1n) is 5.75. The Kier molecular flexibility index (Phi) is 4.28. The monoisotopic (exact) mass is 242 g/mol. The van der Waals surface area contributed by atoms with Gasteiger partial charge in [-0.2, -0.15) is 0 Å². The number of anilines is 1. The predicted molar refractivity (Wildman–Crippen MR) is 62.1 cm³/mol. The van der Waals surface area contributed by atoms with Gasteiger partial charge >= 0.3 is 0 Å². The van der Waals surface area contributed by atoms with E-state index in [0.29, 0.717) is 6.54 Å². The lowest BCUT2D eigenvalue weighted by Gasteiger charge is -2.26. The minimum Gasteiger partial charge on any atom is -0.381 e. The number of hydrogen-bond donors (Lipinski definition) is 1. The van der Waals surface area contributed by atoms with Crippen LogP contribution in [-0.2, 0) is 4.74 Å². The summed E-state index contributed by atoms with van der Waals surface area (Å²) in [7, 11) is 0. The molecule has 0 radical (unpaired) electrons. The van der Waals surface area contributed by atoms with Gasteiger partial charge in [0.2, 0.25) is 0 Å². The van der Waals surface area contributed by atoms with Crippen LogP contribution >= 0.6 is 0 Å². The standard InChI is InChI=1S/C12H16F2N2O/c13-10-2-1-3-11(12(10)14)15-4-5-16-6-8-17-9-7-16/h1-3,15H,4-9H2. The molecule has 17 heavy (non-hydrogen) atoms. The fraction of sp³-hybridized carbons (Fsp3) is 0.500. The molecule has 1 heterocycles. The van der Waals surface area contributed by atoms with Crippen molar-refractivity contribution in [2.75, 3.05) is 44.7 Å². The van der Waals surface area contributed by atoms with E-state index in [-0.39, 0.29) is 5.69 Å². The molecule has 0 saturated carbocycles. The molecule has 0 amide bonds. The van der Waals surface area contributed by atoms with Crippen LogP contribution in [0.5, 0.6) is 0 Å². The molecule has 5 heteroatoms. The minimum atomic E-state index is -0.818. The topological polar surface area (TPSA) is 24.5 Å². The van der Waals surface area contributed by atoms with Gasteiger partial charge < -0.3 is 10.1 Å². The van der Waals surface area contributed by atoms with Gasteiger partial charge in [0.25, 0.3) is 0 Å². The highest BCUT2D eigenvalue weighted by molar-refractivity contribution is 5.44. The fourth-order valence-corrected chi connectivity index (χ4v) is 1.81. The lowest BCUT2D eigenvalue weighted by atomic mass is 10.3. The zero-order valence-corrected chi connectivity index (χ0v) is 9.59. The lowest BCUT2D eigenvalue weighted by molar-refractivity contribution is 0.0398. The van der Waals surface area contributed by atoms with Crippen LogP contribution in [-0.4, -0.2) is 44.3 Å². The fourth-order valence-electron chi connectivity index (χ4n) is 1.81. The van der Waals surface area contributed by atoms with E-state index < -0.39 is 11.6 Å². The quantitative estimate of drug-likeness (QED) is 0.870. The Hall–Kier alpha value is -1.20. The summed E-state index contributed by atoms with van der Waals surface area (Å²) in [4.78, 5) is 2.23. The molecule has 0 aromatic heterocycles. The molecule has 1 aliphatic rings. The van der Waals surface area contributed by atoms with Crippen LogP contribution in [0, 0.1) is 11.6 Å². The van der Waals surface area contributed by atoms with Gasteiger partial charge in [-0.15, -0.1) is 0 Å². The molecule has 1 aromatic rings. The van der Waals surface area contributed by atoms with E-state index >= 15 is 0 Å². The van der Waals surface area contributed by atoms with Gasteiger partial charge in [0.05, 0.1) is 18.9 Å². The first kappa shape index (κ1) is 12.3. The summed E-state index contributed by atoms with van der Waals surface area (Å²) >= 11 is 0. The third kappa shape index (κ3) is 3.38. The summed E-state index contributed by atoms with van der Waals surface area (Å²) in [5.74, 6) is -1.63. The van der Waals surface area contributed by atoms with Crippen molar-refractivity contribution in [1.29, 1.82) is 0 Å². The van der Waals surface area contributed by atoms with E-state index in [0.717, 1.165) is 38.9 Å². The average molecular weight is 242 g/mol. The Bertz CT molecular complexity index is 368. The summed E-state index contributed by atoms with van der Waals surface area (Å²) in [6.45, 7) is 4.68. The van der Waals surface area contributed by atoms with Crippen molar-refractivity contribution >= 4 is 5.69 Å². The summed E-state index contributed by atoms with van der Waals surface area (Å²) in [6, 6.07) is 4.15. The van der Waals surface area contributed by atoms with Gasteiger partial charge in [0, 0.05) is 26.2 Å². The summed E-state index contributed by atoms with van der Waals surface area (Å²) < 4.78 is 31.4. The number of morpholine rings is 1. The van der Waals surface area contributed by atoms with E-state index in [4.69, 9.17) is 4.74 Å². The molecule has 0 aliphatic carbocycles. The SMILES string of the molecule is Fc1cccc(NCCN2CCOCC2)c1F. The molecule has 1 aromatic carbocycles. The molecule has 1 saturated heterocycles. The van der Waals surface area contributed by atoms with Crippen molar-refractivity contribution in [3.05, 3.63) is 29.8 Å². The Labute approximate surface area is 99.4 Å². The second kappa shape index (κ2) is 5.93. The van der Waals surface area contributed by atoms with Gasteiger partial charge in [0.15, 0.2) is 11.6 Å². The van der Waals surface area contributed by atoms with Gasteiger partial charge in [-0.05, 0) is 12.1 Å². The molecule has 94 valence electrons. The lowest BCUT2D eigenvalue weighted by Crippen LogP contribution is -2.39. The van der Waals surface area contributed by atoms with Gasteiger partial charge in [-0.1, -0.05) is 6.07 Å². The molecule has 0 bridgehead atoms. The molecule has 1 aliphatic heterocycles. The van der Waals surface area contributed by atoms with Crippen LogP contribution in [0.3, 0.4) is 0 Å². The van der Waals surface area contributed by atoms with Crippen LogP contribution in [0.15, 0.2) is 18.2 Å². The van der Waals surface area contributed by atoms with Crippen molar-refractivity contribution in [2.45, 2.75) is 0 Å². The average Bonchev–Trinajstić information content (AvgIpc) is 2.36. The maximum absolute atomic E-state index is 13.3. The molecule has 2 rings (SSSR count). The van der Waals surface area contributed by atoms with E-state index in [9.17, 15) is 8.78 Å². The molecular formula is C12H16F2N2O. The molecule has 0 unspecified atom stereocenters. The Morgan fingerprint density at radius 3 is 2.76 bits per heavy atom. The maximum Gasteiger partial charge on any atom is 0.181 e. The Morgan fingerprint density at radius 2 is 2.00 bits per heavy atom. The molecular weight excluding hydrogens is 226 g/mol. The molecule has 1 N–H and O–H groups in total. The third-order valence-electron chi connectivity index (χ3n) is 2.80. The largest absolute Gasteiger partial charge is 0.381 e. The minimum absolute atomic E-state index is 0.221. The predicted octanol–water partition coefficient (Wildman–Crippen LogP) is 1.71. The first-order chi connectivity index (χ1) is 8.27. The normalized spacial score (nSPS) is 17.1. The van der Waals surface area contributed by atoms with E-state index in [1.54, 1.807) is 0 Å². The van der Waals surface area contributed by atoms with Gasteiger partial charge in [-0.25, -0.2) is 8.78 Å². The summed E-state index contributed by atoms with van der Waals surface area (Å²) in [6.07, 6.45) is 0. The number of ether oxygens (including phenoxy) is 1. The number of rotatable bonds is 4. The molecule has 1 fully saturated rings. The van der Waals surface area contributed by atoms with Crippen molar-refractivity contribution in [3.63, 3.8) is 0 Å². The van der Waals surface area contributed by atoms with Crippen molar-refractivity contribution in [3.8, 4) is 0 Å². The summed E-state index contributed by atoms with van der Waals surface area (Å²) in [5.41, 5.74) is 0.221. The van der Waals surface area contributed by atoms with Crippen molar-refractivity contribution < 1.29 is 13.5 Å². The van der Waals surface area contributed by atoms with E-state index in [1.807, 2.05) is 0 Å². The Morgan fingerprint density at radius 1 is 1.24 bits per heavy atom. The summed E-state index contributed by atoms with van der Waals surface area (Å²) in [5, 5.41) is 2.90. The maximum atomic E-state index is 13.3. The zero-order chi connectivity index (χ0) is 12.1. The number of hydrogen-bond acceptors (Lipinski definition) is 3. The number of nitrogens with zero attached hydrogens (tertiary/aromatic N) is 1. The first-order valence-corrected chi connectivity index (χ1v) is 5.75. The second-order valence-electron chi connectivity index (χ2n) is 3.98. The number of benzene rings is 1. The number of halogens is 2. The zero-order valence-electron chi connectivity index (χ0n) is 9.59. The van der Waals surface area contributed by atoms with Crippen LogP contribution in [0.1, 0.15) is 0 Å². The number of nitrogens with one attached hydrogen (secondary N) is 1. The van der Waals surface area contributed by atoms with Crippen molar-refractivity contribution in [2.24, 2.45) is 0 Å². The third-order valence-corrected chi connectivity index (χ3v) is 2.80. The van der Waals surface area contributed by atoms with E-state index in [1.165, 1.54) is 12.1 Å². The van der Waals surface area contributed by atoms with Crippen molar-refractivity contribution in [1.82, 2.24) is 4.90 Å². The highest BCUT2D eigenvalue weighted by Crippen LogP contribution is 2.16. The van der Waals surface area contributed by atoms with Crippen LogP contribution in [0.25, 0.3) is 0 Å². The highest BCUT2D eigenvalue weighted by Gasteiger charge is 2.10. The van der Waals surface area contributed by atoms with Crippen LogP contribution < -0.4 is 5.32 Å². The van der Waals surface area contributed by atoms with Crippen LogP contribution in [0.4, 0.5) is 14.5 Å². The smallest absolute Gasteiger partial charge is 0.181 e. The van der Waals surface area contributed by atoms with Gasteiger partial charge in [-0.3, -0.25) is 4.90 Å². The molecule has 0 atom stereocenters. The van der Waals surface area contributed by atoms with Crippen LogP contribution in [0.2, 0.25) is 0 Å². The van der Waals surface area contributed by atoms with E-state index in [2.05, 4.69) is 10.2 Å². The molecule has 3 nitrogen and oxygen atoms in total. The Balaban J connectivity index is 1.79. The van der Waals surface area contributed by atoms with Gasteiger partial charge in [0.1, 0.15) is 0 Å². The highest BCUT2D eigenvalue weighted by atomic mass is 19.2.